The molecule has 1 atom stereocenters. The Morgan fingerprint density at radius 1 is 1.38 bits per heavy atom. The summed E-state index contributed by atoms with van der Waals surface area (Å²) >= 11 is 0. The number of rotatable bonds is 5. The molecule has 24 heavy (non-hydrogen) atoms. The number of likely N-dealkylation sites (tertiary alicyclic amines) is 1. The van der Waals surface area contributed by atoms with Gasteiger partial charge in [0.2, 0.25) is 5.88 Å². The van der Waals surface area contributed by atoms with Gasteiger partial charge in [-0.15, -0.1) is 0 Å². The van der Waals surface area contributed by atoms with Gasteiger partial charge >= 0.3 is 0 Å². The van der Waals surface area contributed by atoms with Crippen molar-refractivity contribution in [2.24, 2.45) is 0 Å². The van der Waals surface area contributed by atoms with E-state index in [-0.39, 0.29) is 18.1 Å². The number of carbonyl (C=O) groups excluding carboxylic acids is 1. The molecule has 0 N–H and O–H groups in total. The van der Waals surface area contributed by atoms with Crippen molar-refractivity contribution in [1.29, 1.82) is 0 Å². The summed E-state index contributed by atoms with van der Waals surface area (Å²) in [6.07, 6.45) is 7.57. The predicted octanol–water partition coefficient (Wildman–Crippen LogP) is 2.68. The zero-order chi connectivity index (χ0) is 17.1. The van der Waals surface area contributed by atoms with Crippen LogP contribution in [0, 0.1) is 6.92 Å². The average Bonchev–Trinajstić information content (AvgIpc) is 3.16. The minimum absolute atomic E-state index is 0.0324. The maximum atomic E-state index is 12.8. The van der Waals surface area contributed by atoms with Gasteiger partial charge in [-0.3, -0.25) is 9.48 Å². The van der Waals surface area contributed by atoms with Crippen molar-refractivity contribution in [1.82, 2.24) is 19.7 Å². The Kier molecular flexibility index (Phi) is 4.83. The van der Waals surface area contributed by atoms with Gasteiger partial charge in [0.25, 0.3) is 5.91 Å². The Labute approximate surface area is 142 Å². The van der Waals surface area contributed by atoms with Gasteiger partial charge in [-0.25, -0.2) is 4.98 Å². The number of hydrogen-bond donors (Lipinski definition) is 0. The summed E-state index contributed by atoms with van der Waals surface area (Å²) in [6, 6.07) is 3.73. The van der Waals surface area contributed by atoms with E-state index in [1.165, 1.54) is 0 Å². The third kappa shape index (κ3) is 3.75. The van der Waals surface area contributed by atoms with Crippen LogP contribution < -0.4 is 4.74 Å². The van der Waals surface area contributed by atoms with Crippen molar-refractivity contribution >= 4 is 5.91 Å². The van der Waals surface area contributed by atoms with E-state index >= 15 is 0 Å². The number of nitrogens with zero attached hydrogens (tertiary/aromatic N) is 4. The molecule has 3 rings (SSSR count). The van der Waals surface area contributed by atoms with E-state index in [4.69, 9.17) is 4.74 Å². The lowest BCUT2D eigenvalue weighted by Crippen LogP contribution is -2.38. The minimum atomic E-state index is 0.0324. The molecule has 3 heterocycles. The van der Waals surface area contributed by atoms with Crippen LogP contribution in [0.5, 0.6) is 5.88 Å². The highest BCUT2D eigenvalue weighted by atomic mass is 16.5. The molecule has 1 aliphatic heterocycles. The molecule has 0 aliphatic carbocycles. The molecular weight excluding hydrogens is 304 g/mol. The normalized spacial score (nSPS) is 17.5. The molecule has 128 valence electrons. The monoisotopic (exact) mass is 328 g/mol. The summed E-state index contributed by atoms with van der Waals surface area (Å²) < 4.78 is 7.45. The van der Waals surface area contributed by atoms with Gasteiger partial charge < -0.3 is 9.64 Å². The van der Waals surface area contributed by atoms with Gasteiger partial charge in [-0.1, -0.05) is 0 Å². The van der Waals surface area contributed by atoms with Crippen molar-refractivity contribution in [2.75, 3.05) is 6.54 Å². The lowest BCUT2D eigenvalue weighted by molar-refractivity contribution is 0.0721. The van der Waals surface area contributed by atoms with Crippen molar-refractivity contribution in [2.45, 2.75) is 52.3 Å². The quantitative estimate of drug-likeness (QED) is 0.847. The number of pyridine rings is 1. The molecule has 0 aromatic carbocycles. The number of amides is 1. The average molecular weight is 328 g/mol. The molecule has 0 bridgehead atoms. The van der Waals surface area contributed by atoms with Gasteiger partial charge in [-0.2, -0.15) is 5.10 Å². The van der Waals surface area contributed by atoms with Crippen LogP contribution in [-0.4, -0.2) is 44.3 Å². The van der Waals surface area contributed by atoms with E-state index in [0.717, 1.165) is 31.5 Å². The standard InChI is InChI=1S/C18H24N4O2/c1-13(2)24-17-7-6-15(10-19-17)18(23)22-8-4-5-16(22)12-21-11-14(3)9-20-21/h6-7,9-11,13,16H,4-5,8,12H2,1-3H3. The smallest absolute Gasteiger partial charge is 0.255 e. The van der Waals surface area contributed by atoms with Gasteiger partial charge in [0.05, 0.1) is 30.5 Å². The van der Waals surface area contributed by atoms with Crippen molar-refractivity contribution < 1.29 is 9.53 Å². The Balaban J connectivity index is 1.68. The third-order valence-electron chi connectivity index (χ3n) is 4.14. The second-order valence-corrected chi connectivity index (χ2v) is 6.59. The second-order valence-electron chi connectivity index (χ2n) is 6.59. The van der Waals surface area contributed by atoms with E-state index in [1.807, 2.05) is 42.7 Å². The van der Waals surface area contributed by atoms with Crippen LogP contribution in [0.4, 0.5) is 0 Å². The summed E-state index contributed by atoms with van der Waals surface area (Å²) in [5.74, 6) is 0.580. The van der Waals surface area contributed by atoms with Crippen LogP contribution in [0.15, 0.2) is 30.7 Å². The molecule has 2 aromatic rings. The van der Waals surface area contributed by atoms with Crippen LogP contribution >= 0.6 is 0 Å². The van der Waals surface area contributed by atoms with Crippen molar-refractivity contribution in [3.05, 3.63) is 41.9 Å². The molecule has 6 heteroatoms. The molecule has 0 spiro atoms. The largest absolute Gasteiger partial charge is 0.475 e. The zero-order valence-corrected chi connectivity index (χ0v) is 14.5. The SMILES string of the molecule is Cc1cnn(CC2CCCN2C(=O)c2ccc(OC(C)C)nc2)c1. The second kappa shape index (κ2) is 7.03. The first-order chi connectivity index (χ1) is 11.5. The highest BCUT2D eigenvalue weighted by Gasteiger charge is 2.30. The van der Waals surface area contributed by atoms with Crippen LogP contribution in [0.3, 0.4) is 0 Å². The highest BCUT2D eigenvalue weighted by Crippen LogP contribution is 2.22. The predicted molar refractivity (Wildman–Crippen MR) is 91.0 cm³/mol. The highest BCUT2D eigenvalue weighted by molar-refractivity contribution is 5.94. The molecular formula is C18H24N4O2. The lowest BCUT2D eigenvalue weighted by atomic mass is 10.2. The molecule has 6 nitrogen and oxygen atoms in total. The molecule has 1 fully saturated rings. The first-order valence-electron chi connectivity index (χ1n) is 8.45. The number of carbonyl (C=O) groups is 1. The van der Waals surface area contributed by atoms with Gasteiger partial charge in [0.1, 0.15) is 0 Å². The molecule has 2 aromatic heterocycles. The molecule has 1 aliphatic rings. The van der Waals surface area contributed by atoms with E-state index in [0.29, 0.717) is 11.4 Å². The Morgan fingerprint density at radius 3 is 2.83 bits per heavy atom. The topological polar surface area (TPSA) is 60.2 Å². The molecule has 1 saturated heterocycles. The van der Waals surface area contributed by atoms with Gasteiger partial charge in [-0.05, 0) is 45.2 Å². The lowest BCUT2D eigenvalue weighted by Gasteiger charge is -2.24. The minimum Gasteiger partial charge on any atom is -0.475 e. The first kappa shape index (κ1) is 16.5. The first-order valence-corrected chi connectivity index (χ1v) is 8.45. The van der Waals surface area contributed by atoms with Crippen molar-refractivity contribution in [3.63, 3.8) is 0 Å². The van der Waals surface area contributed by atoms with Gasteiger partial charge in [0.15, 0.2) is 0 Å². The van der Waals surface area contributed by atoms with E-state index < -0.39 is 0 Å². The molecule has 0 saturated carbocycles. The van der Waals surface area contributed by atoms with Crippen LogP contribution in [0.2, 0.25) is 0 Å². The van der Waals surface area contributed by atoms with E-state index in [1.54, 1.807) is 18.3 Å². The van der Waals surface area contributed by atoms with Gasteiger partial charge in [0, 0.05) is 25.0 Å². The summed E-state index contributed by atoms with van der Waals surface area (Å²) in [5, 5.41) is 4.33. The van der Waals surface area contributed by atoms with Crippen LogP contribution in [0.25, 0.3) is 0 Å². The fraction of sp³-hybridized carbons (Fsp3) is 0.500. The number of aromatic nitrogens is 3. The Morgan fingerprint density at radius 2 is 2.21 bits per heavy atom. The number of aryl methyl sites for hydroxylation is 1. The molecule has 0 radical (unpaired) electrons. The van der Waals surface area contributed by atoms with E-state index in [9.17, 15) is 4.79 Å². The number of ether oxygens (including phenoxy) is 1. The fourth-order valence-electron chi connectivity index (χ4n) is 3.06. The Hall–Kier alpha value is -2.37. The van der Waals surface area contributed by atoms with Crippen LogP contribution in [0.1, 0.15) is 42.6 Å². The molecule has 1 unspecified atom stereocenters. The maximum absolute atomic E-state index is 12.8. The third-order valence-corrected chi connectivity index (χ3v) is 4.14. The number of hydrogen-bond acceptors (Lipinski definition) is 4. The maximum Gasteiger partial charge on any atom is 0.255 e. The zero-order valence-electron chi connectivity index (χ0n) is 14.5. The summed E-state index contributed by atoms with van der Waals surface area (Å²) in [6.45, 7) is 7.45. The Bertz CT molecular complexity index is 693. The summed E-state index contributed by atoms with van der Waals surface area (Å²) in [4.78, 5) is 19.0. The van der Waals surface area contributed by atoms with Crippen molar-refractivity contribution in [3.8, 4) is 5.88 Å². The fourth-order valence-corrected chi connectivity index (χ4v) is 3.06. The summed E-state index contributed by atoms with van der Waals surface area (Å²) in [7, 11) is 0. The van der Waals surface area contributed by atoms with E-state index in [2.05, 4.69) is 10.1 Å². The molecule has 1 amide bonds. The van der Waals surface area contributed by atoms with Crippen LogP contribution in [-0.2, 0) is 6.54 Å². The summed E-state index contributed by atoms with van der Waals surface area (Å²) in [5.41, 5.74) is 1.74.